The standard InChI is InChI=1S/C12H16N4O2.C2HF3O2/c13-12(18)15-10-3-1-9(2-4-10)11(17)16-7-5-14-6-8-16;3-2(4,5)1(6)7/h1-4,14H,5-8H2,(H3,13,15,18);(H,6,7). The zero-order valence-corrected chi connectivity index (χ0v) is 13.0. The molecule has 1 saturated heterocycles. The lowest BCUT2D eigenvalue weighted by atomic mass is 10.1. The summed E-state index contributed by atoms with van der Waals surface area (Å²) in [6.45, 7) is 3.10. The molecular weight excluding hydrogens is 345 g/mol. The lowest BCUT2D eigenvalue weighted by molar-refractivity contribution is -0.192. The third-order valence-electron chi connectivity index (χ3n) is 3.05. The zero-order valence-electron chi connectivity index (χ0n) is 13.0. The molecule has 3 amide bonds. The summed E-state index contributed by atoms with van der Waals surface area (Å²) in [5.74, 6) is -2.74. The third-order valence-corrected chi connectivity index (χ3v) is 3.05. The molecule has 8 nitrogen and oxygen atoms in total. The minimum Gasteiger partial charge on any atom is -0.475 e. The molecular formula is C14H17F3N4O4. The Morgan fingerprint density at radius 3 is 2.00 bits per heavy atom. The Hall–Kier alpha value is -2.82. The van der Waals surface area contributed by atoms with Crippen molar-refractivity contribution in [1.29, 1.82) is 0 Å². The molecule has 0 spiro atoms. The number of carbonyl (C=O) groups is 3. The van der Waals surface area contributed by atoms with Crippen LogP contribution in [0.1, 0.15) is 10.4 Å². The van der Waals surface area contributed by atoms with Crippen LogP contribution in [0.4, 0.5) is 23.7 Å². The van der Waals surface area contributed by atoms with E-state index < -0.39 is 18.2 Å². The first-order valence-corrected chi connectivity index (χ1v) is 7.08. The Bertz CT molecular complexity index is 613. The van der Waals surface area contributed by atoms with Crippen LogP contribution in [0.25, 0.3) is 0 Å². The van der Waals surface area contributed by atoms with Gasteiger partial charge in [-0.1, -0.05) is 0 Å². The molecule has 11 heteroatoms. The van der Waals surface area contributed by atoms with Gasteiger partial charge in [-0.05, 0) is 24.3 Å². The number of rotatable bonds is 2. The molecule has 1 aliphatic rings. The largest absolute Gasteiger partial charge is 0.490 e. The van der Waals surface area contributed by atoms with Gasteiger partial charge in [0.05, 0.1) is 0 Å². The summed E-state index contributed by atoms with van der Waals surface area (Å²) in [6, 6.07) is 6.10. The molecule has 5 N–H and O–H groups in total. The number of hydrogen-bond donors (Lipinski definition) is 4. The molecule has 1 aliphatic heterocycles. The number of hydrogen-bond acceptors (Lipinski definition) is 4. The average Bonchev–Trinajstić information content (AvgIpc) is 2.55. The number of nitrogens with two attached hydrogens (primary N) is 1. The number of halogens is 3. The fraction of sp³-hybridized carbons (Fsp3) is 0.357. The van der Waals surface area contributed by atoms with Crippen molar-refractivity contribution in [2.24, 2.45) is 5.73 Å². The number of primary amides is 1. The lowest BCUT2D eigenvalue weighted by Gasteiger charge is -2.27. The number of anilines is 1. The summed E-state index contributed by atoms with van der Waals surface area (Å²) in [7, 11) is 0. The van der Waals surface area contributed by atoms with Gasteiger partial charge >= 0.3 is 18.2 Å². The Morgan fingerprint density at radius 2 is 1.60 bits per heavy atom. The number of carbonyl (C=O) groups excluding carboxylic acids is 2. The number of urea groups is 1. The van der Waals surface area contributed by atoms with Crippen LogP contribution in [0.2, 0.25) is 0 Å². The molecule has 1 aromatic rings. The highest BCUT2D eigenvalue weighted by Gasteiger charge is 2.38. The number of aliphatic carboxylic acids is 1. The van der Waals surface area contributed by atoms with Crippen molar-refractivity contribution in [3.05, 3.63) is 29.8 Å². The van der Waals surface area contributed by atoms with E-state index in [2.05, 4.69) is 10.6 Å². The number of carboxylic acids is 1. The number of benzene rings is 1. The quantitative estimate of drug-likeness (QED) is 0.621. The number of piperazine rings is 1. The van der Waals surface area contributed by atoms with Gasteiger partial charge in [0.25, 0.3) is 5.91 Å². The lowest BCUT2D eigenvalue weighted by Crippen LogP contribution is -2.46. The van der Waals surface area contributed by atoms with Crippen molar-refractivity contribution < 1.29 is 32.7 Å². The maximum Gasteiger partial charge on any atom is 0.490 e. The van der Waals surface area contributed by atoms with Gasteiger partial charge in [-0.15, -0.1) is 0 Å². The second-order valence-corrected chi connectivity index (χ2v) is 4.91. The van der Waals surface area contributed by atoms with Crippen molar-refractivity contribution in [2.75, 3.05) is 31.5 Å². The summed E-state index contributed by atoms with van der Waals surface area (Å²) in [5, 5.41) is 12.8. The van der Waals surface area contributed by atoms with Gasteiger partial charge in [0, 0.05) is 37.4 Å². The monoisotopic (exact) mass is 362 g/mol. The highest BCUT2D eigenvalue weighted by atomic mass is 19.4. The summed E-state index contributed by atoms with van der Waals surface area (Å²) in [4.78, 5) is 33.5. The van der Waals surface area contributed by atoms with Gasteiger partial charge < -0.3 is 26.4 Å². The van der Waals surface area contributed by atoms with Gasteiger partial charge in [-0.3, -0.25) is 4.79 Å². The average molecular weight is 362 g/mol. The number of nitrogens with one attached hydrogen (secondary N) is 2. The molecule has 1 fully saturated rings. The van der Waals surface area contributed by atoms with Crippen LogP contribution in [0, 0.1) is 0 Å². The Kier molecular flexibility index (Phi) is 7.18. The topological polar surface area (TPSA) is 125 Å². The third kappa shape index (κ3) is 7.08. The van der Waals surface area contributed by atoms with E-state index in [1.165, 1.54) is 0 Å². The Labute approximate surface area is 140 Å². The number of amides is 3. The molecule has 1 aromatic carbocycles. The maximum atomic E-state index is 12.1. The molecule has 0 radical (unpaired) electrons. The first-order valence-electron chi connectivity index (χ1n) is 7.08. The molecule has 1 heterocycles. The summed E-state index contributed by atoms with van der Waals surface area (Å²) >= 11 is 0. The first-order chi connectivity index (χ1) is 11.6. The molecule has 0 bridgehead atoms. The van der Waals surface area contributed by atoms with Crippen LogP contribution < -0.4 is 16.4 Å². The second-order valence-electron chi connectivity index (χ2n) is 4.91. The predicted molar refractivity (Wildman–Crippen MR) is 82.1 cm³/mol. The number of carboxylic acid groups (broad SMARTS) is 1. The van der Waals surface area contributed by atoms with E-state index in [0.29, 0.717) is 11.3 Å². The molecule has 2 rings (SSSR count). The van der Waals surface area contributed by atoms with E-state index in [1.807, 2.05) is 4.90 Å². The molecule has 0 saturated carbocycles. The first kappa shape index (κ1) is 20.2. The van der Waals surface area contributed by atoms with Crippen LogP contribution in [0.15, 0.2) is 24.3 Å². The fourth-order valence-electron chi connectivity index (χ4n) is 1.89. The van der Waals surface area contributed by atoms with Gasteiger partial charge in [-0.25, -0.2) is 9.59 Å². The molecule has 138 valence electrons. The highest BCUT2D eigenvalue weighted by molar-refractivity contribution is 5.95. The van der Waals surface area contributed by atoms with Crippen molar-refractivity contribution in [3.63, 3.8) is 0 Å². The van der Waals surface area contributed by atoms with Crippen LogP contribution in [-0.2, 0) is 4.79 Å². The minimum atomic E-state index is -5.08. The predicted octanol–water partition coefficient (Wildman–Crippen LogP) is 0.856. The Morgan fingerprint density at radius 1 is 1.12 bits per heavy atom. The van der Waals surface area contributed by atoms with E-state index in [1.54, 1.807) is 24.3 Å². The second kappa shape index (κ2) is 8.87. The van der Waals surface area contributed by atoms with E-state index in [4.69, 9.17) is 15.6 Å². The van der Waals surface area contributed by atoms with E-state index in [-0.39, 0.29) is 5.91 Å². The summed E-state index contributed by atoms with van der Waals surface area (Å²) in [6.07, 6.45) is -5.08. The van der Waals surface area contributed by atoms with Crippen LogP contribution >= 0.6 is 0 Å². The fourth-order valence-corrected chi connectivity index (χ4v) is 1.89. The maximum absolute atomic E-state index is 12.1. The van der Waals surface area contributed by atoms with Crippen molar-refractivity contribution >= 4 is 23.6 Å². The minimum absolute atomic E-state index is 0.0159. The van der Waals surface area contributed by atoms with E-state index >= 15 is 0 Å². The summed E-state index contributed by atoms with van der Waals surface area (Å²) in [5.41, 5.74) is 6.21. The SMILES string of the molecule is NC(=O)Nc1ccc(C(=O)N2CCNCC2)cc1.O=C(O)C(F)(F)F. The highest BCUT2D eigenvalue weighted by Crippen LogP contribution is 2.13. The summed E-state index contributed by atoms with van der Waals surface area (Å²) < 4.78 is 31.7. The number of alkyl halides is 3. The molecule has 0 atom stereocenters. The van der Waals surface area contributed by atoms with Gasteiger partial charge in [0.15, 0.2) is 0 Å². The molecule has 25 heavy (non-hydrogen) atoms. The smallest absolute Gasteiger partial charge is 0.475 e. The zero-order chi connectivity index (χ0) is 19.0. The van der Waals surface area contributed by atoms with Crippen LogP contribution in [0.3, 0.4) is 0 Å². The van der Waals surface area contributed by atoms with Gasteiger partial charge in [0.1, 0.15) is 0 Å². The normalized spacial score (nSPS) is 14.1. The van der Waals surface area contributed by atoms with Crippen molar-refractivity contribution in [1.82, 2.24) is 10.2 Å². The molecule has 0 aromatic heterocycles. The van der Waals surface area contributed by atoms with Gasteiger partial charge in [0.2, 0.25) is 0 Å². The van der Waals surface area contributed by atoms with Crippen molar-refractivity contribution in [3.8, 4) is 0 Å². The van der Waals surface area contributed by atoms with Gasteiger partial charge in [-0.2, -0.15) is 13.2 Å². The number of nitrogens with zero attached hydrogens (tertiary/aromatic N) is 1. The van der Waals surface area contributed by atoms with E-state index in [9.17, 15) is 22.8 Å². The molecule has 0 unspecified atom stereocenters. The van der Waals surface area contributed by atoms with E-state index in [0.717, 1.165) is 26.2 Å². The Balaban J connectivity index is 0.000000381. The molecule has 0 aliphatic carbocycles. The van der Waals surface area contributed by atoms with Crippen molar-refractivity contribution in [2.45, 2.75) is 6.18 Å². The van der Waals surface area contributed by atoms with Crippen LogP contribution in [-0.4, -0.2) is 60.3 Å². The van der Waals surface area contributed by atoms with Crippen LogP contribution in [0.5, 0.6) is 0 Å².